The summed E-state index contributed by atoms with van der Waals surface area (Å²) in [7, 11) is 2.19. The van der Waals surface area contributed by atoms with Gasteiger partial charge >= 0.3 is 0 Å². The minimum atomic E-state index is 0.411. The Morgan fingerprint density at radius 3 is 2.31 bits per heavy atom. The molecule has 1 unspecified atom stereocenters. The summed E-state index contributed by atoms with van der Waals surface area (Å²) in [5.41, 5.74) is 5.93. The molecule has 0 amide bonds. The first kappa shape index (κ1) is 12.9. The van der Waals surface area contributed by atoms with Crippen LogP contribution in [0.3, 0.4) is 0 Å². The molecular formula is C11H26N2. The summed E-state index contributed by atoms with van der Waals surface area (Å²) >= 11 is 0. The standard InChI is InChI=1S/C11H26N2/c1-4-6-9-13(3)10-8-11(12)7-5-2/h11H,4-10,12H2,1-3H3. The number of rotatable bonds is 8. The molecular weight excluding hydrogens is 160 g/mol. The van der Waals surface area contributed by atoms with E-state index in [1.165, 1.54) is 32.2 Å². The molecule has 0 bridgehead atoms. The van der Waals surface area contributed by atoms with Crippen LogP contribution in [0.25, 0.3) is 0 Å². The van der Waals surface area contributed by atoms with Crippen molar-refractivity contribution >= 4 is 0 Å². The van der Waals surface area contributed by atoms with Crippen LogP contribution in [-0.2, 0) is 0 Å². The molecule has 2 nitrogen and oxygen atoms in total. The van der Waals surface area contributed by atoms with E-state index in [1.54, 1.807) is 0 Å². The lowest BCUT2D eigenvalue weighted by atomic mass is 10.1. The molecule has 0 aliphatic heterocycles. The summed E-state index contributed by atoms with van der Waals surface area (Å²) in [4.78, 5) is 2.39. The van der Waals surface area contributed by atoms with E-state index in [-0.39, 0.29) is 0 Å². The molecule has 0 radical (unpaired) electrons. The highest BCUT2D eigenvalue weighted by Gasteiger charge is 2.03. The van der Waals surface area contributed by atoms with Crippen LogP contribution in [-0.4, -0.2) is 31.1 Å². The molecule has 0 aliphatic rings. The Morgan fingerprint density at radius 1 is 1.08 bits per heavy atom. The lowest BCUT2D eigenvalue weighted by Crippen LogP contribution is -2.28. The van der Waals surface area contributed by atoms with E-state index < -0.39 is 0 Å². The second kappa shape index (κ2) is 8.52. The molecule has 0 heterocycles. The van der Waals surface area contributed by atoms with Gasteiger partial charge in [0.15, 0.2) is 0 Å². The Morgan fingerprint density at radius 2 is 1.77 bits per heavy atom. The average Bonchev–Trinajstić information content (AvgIpc) is 2.12. The lowest BCUT2D eigenvalue weighted by Gasteiger charge is -2.18. The molecule has 0 rings (SSSR count). The Bertz CT molecular complexity index is 104. The van der Waals surface area contributed by atoms with Gasteiger partial charge in [-0.3, -0.25) is 0 Å². The van der Waals surface area contributed by atoms with Crippen LogP contribution in [0.2, 0.25) is 0 Å². The van der Waals surface area contributed by atoms with Gasteiger partial charge in [0.1, 0.15) is 0 Å². The third-order valence-electron chi connectivity index (χ3n) is 2.43. The number of unbranched alkanes of at least 4 members (excludes halogenated alkanes) is 1. The van der Waals surface area contributed by atoms with Gasteiger partial charge in [0.25, 0.3) is 0 Å². The minimum absolute atomic E-state index is 0.411. The van der Waals surface area contributed by atoms with Gasteiger partial charge in [-0.1, -0.05) is 26.7 Å². The van der Waals surface area contributed by atoms with Crippen molar-refractivity contribution in [2.75, 3.05) is 20.1 Å². The number of nitrogens with two attached hydrogens (primary N) is 1. The number of hydrogen-bond donors (Lipinski definition) is 1. The second-order valence-electron chi connectivity index (χ2n) is 3.99. The molecule has 2 heteroatoms. The lowest BCUT2D eigenvalue weighted by molar-refractivity contribution is 0.309. The number of hydrogen-bond acceptors (Lipinski definition) is 2. The SMILES string of the molecule is CCCCN(C)CCC(N)CCC. The second-order valence-corrected chi connectivity index (χ2v) is 3.99. The molecule has 0 saturated heterocycles. The molecule has 13 heavy (non-hydrogen) atoms. The summed E-state index contributed by atoms with van der Waals surface area (Å²) in [6.45, 7) is 6.80. The summed E-state index contributed by atoms with van der Waals surface area (Å²) in [6.07, 6.45) is 6.11. The van der Waals surface area contributed by atoms with Crippen molar-refractivity contribution in [1.29, 1.82) is 0 Å². The van der Waals surface area contributed by atoms with Crippen LogP contribution in [0, 0.1) is 0 Å². The highest BCUT2D eigenvalue weighted by atomic mass is 15.1. The van der Waals surface area contributed by atoms with Gasteiger partial charge < -0.3 is 10.6 Å². The average molecular weight is 186 g/mol. The van der Waals surface area contributed by atoms with Crippen molar-refractivity contribution in [3.63, 3.8) is 0 Å². The fraction of sp³-hybridized carbons (Fsp3) is 1.00. The van der Waals surface area contributed by atoms with Crippen LogP contribution in [0.15, 0.2) is 0 Å². The quantitative estimate of drug-likeness (QED) is 0.630. The normalized spacial score (nSPS) is 13.6. The van der Waals surface area contributed by atoms with Crippen LogP contribution < -0.4 is 5.73 Å². The van der Waals surface area contributed by atoms with Gasteiger partial charge in [0.05, 0.1) is 0 Å². The molecule has 0 aliphatic carbocycles. The van der Waals surface area contributed by atoms with Crippen molar-refractivity contribution in [2.45, 2.75) is 52.0 Å². The van der Waals surface area contributed by atoms with E-state index in [1.807, 2.05) is 0 Å². The molecule has 2 N–H and O–H groups in total. The monoisotopic (exact) mass is 186 g/mol. The van der Waals surface area contributed by atoms with E-state index >= 15 is 0 Å². The maximum absolute atomic E-state index is 5.93. The molecule has 0 saturated carbocycles. The summed E-state index contributed by atoms with van der Waals surface area (Å²) in [6, 6.07) is 0.411. The van der Waals surface area contributed by atoms with E-state index in [4.69, 9.17) is 5.73 Å². The highest BCUT2D eigenvalue weighted by Crippen LogP contribution is 2.00. The third-order valence-corrected chi connectivity index (χ3v) is 2.43. The predicted octanol–water partition coefficient (Wildman–Crippen LogP) is 2.24. The topological polar surface area (TPSA) is 29.3 Å². The zero-order chi connectivity index (χ0) is 10.1. The van der Waals surface area contributed by atoms with Crippen molar-refractivity contribution in [3.05, 3.63) is 0 Å². The van der Waals surface area contributed by atoms with Crippen molar-refractivity contribution < 1.29 is 0 Å². The summed E-state index contributed by atoms with van der Waals surface area (Å²) < 4.78 is 0. The Kier molecular flexibility index (Phi) is 8.46. The molecule has 0 fully saturated rings. The van der Waals surface area contributed by atoms with Gasteiger partial charge in [-0.15, -0.1) is 0 Å². The van der Waals surface area contributed by atoms with Crippen molar-refractivity contribution in [3.8, 4) is 0 Å². The minimum Gasteiger partial charge on any atom is -0.328 e. The zero-order valence-corrected chi connectivity index (χ0v) is 9.55. The first-order valence-electron chi connectivity index (χ1n) is 5.64. The van der Waals surface area contributed by atoms with Gasteiger partial charge in [0, 0.05) is 6.04 Å². The smallest absolute Gasteiger partial charge is 0.00509 e. The Labute approximate surface area is 83.5 Å². The van der Waals surface area contributed by atoms with Crippen LogP contribution in [0.5, 0.6) is 0 Å². The Hall–Kier alpha value is -0.0800. The third kappa shape index (κ3) is 8.26. The maximum atomic E-state index is 5.93. The van der Waals surface area contributed by atoms with Crippen LogP contribution >= 0.6 is 0 Å². The molecule has 0 aromatic rings. The van der Waals surface area contributed by atoms with Crippen molar-refractivity contribution in [1.82, 2.24) is 4.90 Å². The summed E-state index contributed by atoms with van der Waals surface area (Å²) in [5.74, 6) is 0. The largest absolute Gasteiger partial charge is 0.328 e. The van der Waals surface area contributed by atoms with Crippen LogP contribution in [0.1, 0.15) is 46.0 Å². The zero-order valence-electron chi connectivity index (χ0n) is 9.55. The fourth-order valence-corrected chi connectivity index (χ4v) is 1.44. The number of nitrogens with zero attached hydrogens (tertiary/aromatic N) is 1. The molecule has 0 aromatic heterocycles. The first-order valence-corrected chi connectivity index (χ1v) is 5.64. The highest BCUT2D eigenvalue weighted by molar-refractivity contribution is 4.63. The maximum Gasteiger partial charge on any atom is 0.00509 e. The van der Waals surface area contributed by atoms with E-state index in [9.17, 15) is 0 Å². The molecule has 0 aromatic carbocycles. The van der Waals surface area contributed by atoms with Gasteiger partial charge in [-0.2, -0.15) is 0 Å². The first-order chi connectivity index (χ1) is 6.20. The van der Waals surface area contributed by atoms with E-state index in [0.29, 0.717) is 6.04 Å². The Balaban J connectivity index is 3.29. The van der Waals surface area contributed by atoms with Crippen LogP contribution in [0.4, 0.5) is 0 Å². The molecule has 1 atom stereocenters. The fourth-order valence-electron chi connectivity index (χ4n) is 1.44. The van der Waals surface area contributed by atoms with Gasteiger partial charge in [-0.25, -0.2) is 0 Å². The van der Waals surface area contributed by atoms with Crippen molar-refractivity contribution in [2.24, 2.45) is 5.73 Å². The van der Waals surface area contributed by atoms with E-state index in [0.717, 1.165) is 13.0 Å². The molecule has 0 spiro atoms. The predicted molar refractivity (Wildman–Crippen MR) is 59.9 cm³/mol. The van der Waals surface area contributed by atoms with Gasteiger partial charge in [0.2, 0.25) is 0 Å². The van der Waals surface area contributed by atoms with E-state index in [2.05, 4.69) is 25.8 Å². The van der Waals surface area contributed by atoms with Gasteiger partial charge in [-0.05, 0) is 39.4 Å². The summed E-state index contributed by atoms with van der Waals surface area (Å²) in [5, 5.41) is 0. The molecule has 80 valence electrons.